The second kappa shape index (κ2) is 7.00. The average molecular weight is 323 g/mol. The molecule has 0 aliphatic carbocycles. The van der Waals surface area contributed by atoms with Crippen LogP contribution in [-0.4, -0.2) is 25.0 Å². The summed E-state index contributed by atoms with van der Waals surface area (Å²) in [5.74, 6) is 1.29. The van der Waals surface area contributed by atoms with Gasteiger partial charge in [0.05, 0.1) is 13.5 Å². The van der Waals surface area contributed by atoms with Crippen LogP contribution in [0.25, 0.3) is 6.08 Å². The summed E-state index contributed by atoms with van der Waals surface area (Å²) in [5.41, 5.74) is 1.49. The minimum Gasteiger partial charge on any atom is -0.497 e. The number of ether oxygens (including phenoxy) is 2. The number of allylic oxidation sites excluding steroid dienone is 1. The summed E-state index contributed by atoms with van der Waals surface area (Å²) in [6, 6.07) is 14.3. The van der Waals surface area contributed by atoms with Crippen LogP contribution < -0.4 is 14.8 Å². The molecule has 3 rings (SSSR count). The topological polar surface area (TPSA) is 64.6 Å². The van der Waals surface area contributed by atoms with E-state index in [4.69, 9.17) is 9.47 Å². The van der Waals surface area contributed by atoms with Crippen LogP contribution in [0.1, 0.15) is 22.3 Å². The van der Waals surface area contributed by atoms with E-state index in [0.717, 1.165) is 11.3 Å². The van der Waals surface area contributed by atoms with Crippen LogP contribution in [0, 0.1) is 0 Å². The molecule has 1 saturated heterocycles. The molecule has 0 spiro atoms. The highest BCUT2D eigenvalue weighted by molar-refractivity contribution is 6.06. The van der Waals surface area contributed by atoms with E-state index >= 15 is 0 Å². The summed E-state index contributed by atoms with van der Waals surface area (Å²) >= 11 is 0. The van der Waals surface area contributed by atoms with Crippen LogP contribution in [0.5, 0.6) is 11.5 Å². The summed E-state index contributed by atoms with van der Waals surface area (Å²) in [5, 5.41) is 2.63. The van der Waals surface area contributed by atoms with Gasteiger partial charge >= 0.3 is 0 Å². The Bertz CT molecular complexity index is 755. The quantitative estimate of drug-likeness (QED) is 0.504. The maximum Gasteiger partial charge on any atom is 0.228 e. The summed E-state index contributed by atoms with van der Waals surface area (Å²) in [6.45, 7) is 0. The van der Waals surface area contributed by atoms with Crippen molar-refractivity contribution in [3.63, 3.8) is 0 Å². The van der Waals surface area contributed by atoms with Gasteiger partial charge in [-0.1, -0.05) is 18.2 Å². The first-order chi connectivity index (χ1) is 11.6. The van der Waals surface area contributed by atoms with Crippen molar-refractivity contribution in [1.29, 1.82) is 0 Å². The Morgan fingerprint density at radius 3 is 2.29 bits per heavy atom. The van der Waals surface area contributed by atoms with Crippen molar-refractivity contribution in [2.45, 2.75) is 12.6 Å². The van der Waals surface area contributed by atoms with E-state index in [9.17, 15) is 9.59 Å². The van der Waals surface area contributed by atoms with Crippen LogP contribution in [0.3, 0.4) is 0 Å². The smallest absolute Gasteiger partial charge is 0.228 e. The summed E-state index contributed by atoms with van der Waals surface area (Å²) in [7, 11) is 1.61. The molecule has 1 atom stereocenters. The minimum atomic E-state index is -0.269. The van der Waals surface area contributed by atoms with Gasteiger partial charge in [-0.15, -0.1) is 0 Å². The number of amides is 1. The van der Waals surface area contributed by atoms with Crippen LogP contribution in [-0.2, 0) is 4.79 Å². The van der Waals surface area contributed by atoms with Crippen molar-refractivity contribution in [3.05, 3.63) is 65.7 Å². The number of rotatable bonds is 6. The van der Waals surface area contributed by atoms with E-state index in [0.29, 0.717) is 17.7 Å². The molecule has 122 valence electrons. The van der Waals surface area contributed by atoms with Gasteiger partial charge in [0, 0.05) is 5.56 Å². The molecular formula is C19H17NO4. The maximum absolute atomic E-state index is 12.2. The fourth-order valence-corrected chi connectivity index (χ4v) is 2.24. The third kappa shape index (κ3) is 3.81. The molecule has 0 bridgehead atoms. The molecule has 1 amide bonds. The molecule has 1 fully saturated rings. The van der Waals surface area contributed by atoms with Crippen molar-refractivity contribution in [1.82, 2.24) is 5.32 Å². The zero-order chi connectivity index (χ0) is 16.9. The highest BCUT2D eigenvalue weighted by Gasteiger charge is 2.26. The van der Waals surface area contributed by atoms with Gasteiger partial charge in [-0.3, -0.25) is 9.59 Å². The zero-order valence-corrected chi connectivity index (χ0v) is 13.2. The molecule has 1 N–H and O–H groups in total. The number of carbonyl (C=O) groups is 2. The molecule has 1 aliphatic rings. The monoisotopic (exact) mass is 323 g/mol. The Hall–Kier alpha value is -3.08. The third-order valence-electron chi connectivity index (χ3n) is 3.65. The lowest BCUT2D eigenvalue weighted by atomic mass is 10.1. The van der Waals surface area contributed by atoms with E-state index in [1.807, 2.05) is 24.3 Å². The second-order valence-electron chi connectivity index (χ2n) is 5.37. The van der Waals surface area contributed by atoms with E-state index < -0.39 is 0 Å². The molecule has 0 radical (unpaired) electrons. The average Bonchev–Trinajstić information content (AvgIpc) is 2.59. The zero-order valence-electron chi connectivity index (χ0n) is 13.2. The largest absolute Gasteiger partial charge is 0.497 e. The number of benzene rings is 2. The predicted molar refractivity (Wildman–Crippen MR) is 90.0 cm³/mol. The third-order valence-corrected chi connectivity index (χ3v) is 3.65. The molecule has 5 heteroatoms. The van der Waals surface area contributed by atoms with Gasteiger partial charge in [-0.2, -0.15) is 0 Å². The van der Waals surface area contributed by atoms with E-state index in [2.05, 4.69) is 5.32 Å². The predicted octanol–water partition coefficient (Wildman–Crippen LogP) is 2.82. The molecule has 24 heavy (non-hydrogen) atoms. The fourth-order valence-electron chi connectivity index (χ4n) is 2.24. The van der Waals surface area contributed by atoms with Crippen molar-refractivity contribution in [3.8, 4) is 11.5 Å². The number of β-lactam (4-membered cyclic amide) rings is 1. The standard InChI is InChI=1S/C19H17NO4/c1-23-15-7-2-13(3-8-15)4-11-17(21)14-5-9-16(10-6-14)24-19-12-18(22)20-19/h2-11,19H,12H2,1H3,(H,20,22)/b11-4+. The van der Waals surface area contributed by atoms with Gasteiger partial charge in [0.2, 0.25) is 5.91 Å². The molecule has 0 saturated carbocycles. The molecule has 1 heterocycles. The lowest BCUT2D eigenvalue weighted by Gasteiger charge is -2.27. The van der Waals surface area contributed by atoms with Gasteiger partial charge in [0.25, 0.3) is 0 Å². The van der Waals surface area contributed by atoms with Crippen LogP contribution >= 0.6 is 0 Å². The molecular weight excluding hydrogens is 306 g/mol. The fraction of sp³-hybridized carbons (Fsp3) is 0.158. The Morgan fingerprint density at radius 2 is 1.71 bits per heavy atom. The van der Waals surface area contributed by atoms with Gasteiger partial charge in [-0.05, 0) is 48.0 Å². The first-order valence-electron chi connectivity index (χ1n) is 7.56. The Balaban J connectivity index is 1.59. The number of nitrogens with one attached hydrogen (secondary N) is 1. The molecule has 2 aromatic carbocycles. The Morgan fingerprint density at radius 1 is 1.08 bits per heavy atom. The van der Waals surface area contributed by atoms with Crippen LogP contribution in [0.4, 0.5) is 0 Å². The second-order valence-corrected chi connectivity index (χ2v) is 5.37. The Labute approximate surface area is 139 Å². The van der Waals surface area contributed by atoms with Gasteiger partial charge < -0.3 is 14.8 Å². The van der Waals surface area contributed by atoms with Gasteiger partial charge in [-0.25, -0.2) is 0 Å². The Kier molecular flexibility index (Phi) is 4.61. The van der Waals surface area contributed by atoms with Gasteiger partial charge in [0.1, 0.15) is 11.5 Å². The minimum absolute atomic E-state index is 0.0181. The number of ketones is 1. The molecule has 1 aliphatic heterocycles. The van der Waals surface area contributed by atoms with Crippen molar-refractivity contribution in [2.75, 3.05) is 7.11 Å². The molecule has 5 nitrogen and oxygen atoms in total. The number of hydrogen-bond donors (Lipinski definition) is 1. The first kappa shape index (κ1) is 15.8. The van der Waals surface area contributed by atoms with Crippen molar-refractivity contribution < 1.29 is 19.1 Å². The SMILES string of the molecule is COc1ccc(/C=C/C(=O)c2ccc(OC3CC(=O)N3)cc2)cc1. The van der Waals surface area contributed by atoms with E-state index in [1.165, 1.54) is 6.08 Å². The lowest BCUT2D eigenvalue weighted by molar-refractivity contribution is -0.134. The first-order valence-corrected chi connectivity index (χ1v) is 7.56. The van der Waals surface area contributed by atoms with E-state index in [1.54, 1.807) is 37.5 Å². The normalized spacial score (nSPS) is 16.4. The highest BCUT2D eigenvalue weighted by atomic mass is 16.5. The highest BCUT2D eigenvalue weighted by Crippen LogP contribution is 2.18. The molecule has 1 unspecified atom stereocenters. The van der Waals surface area contributed by atoms with Crippen LogP contribution in [0.2, 0.25) is 0 Å². The van der Waals surface area contributed by atoms with E-state index in [-0.39, 0.29) is 17.9 Å². The lowest BCUT2D eigenvalue weighted by Crippen LogP contribution is -2.51. The molecule has 2 aromatic rings. The van der Waals surface area contributed by atoms with Crippen molar-refractivity contribution in [2.24, 2.45) is 0 Å². The molecule has 0 aromatic heterocycles. The number of hydrogen-bond acceptors (Lipinski definition) is 4. The number of methoxy groups -OCH3 is 1. The summed E-state index contributed by atoms with van der Waals surface area (Å²) in [4.78, 5) is 23.0. The summed E-state index contributed by atoms with van der Waals surface area (Å²) in [6.07, 6.45) is 3.39. The summed E-state index contributed by atoms with van der Waals surface area (Å²) < 4.78 is 10.6. The number of carbonyl (C=O) groups excluding carboxylic acids is 2. The maximum atomic E-state index is 12.2. The van der Waals surface area contributed by atoms with Gasteiger partial charge in [0.15, 0.2) is 12.0 Å². The van der Waals surface area contributed by atoms with Crippen molar-refractivity contribution >= 4 is 17.8 Å². The van der Waals surface area contributed by atoms with Crippen LogP contribution in [0.15, 0.2) is 54.6 Å².